The van der Waals surface area contributed by atoms with Gasteiger partial charge in [0.05, 0.1) is 6.04 Å². The number of aryl methyl sites for hydroxylation is 2. The fourth-order valence-corrected chi connectivity index (χ4v) is 2.84. The molecule has 0 unspecified atom stereocenters. The van der Waals surface area contributed by atoms with Crippen LogP contribution in [-0.2, 0) is 4.79 Å². The highest BCUT2D eigenvalue weighted by Crippen LogP contribution is 2.31. The molecule has 1 amide bonds. The summed E-state index contributed by atoms with van der Waals surface area (Å²) in [7, 11) is 0. The predicted molar refractivity (Wildman–Crippen MR) is 88.8 cm³/mol. The molecule has 1 aliphatic rings. The first-order valence-corrected chi connectivity index (χ1v) is 7.80. The molecule has 4 heteroatoms. The number of nitrogens with one attached hydrogen (secondary N) is 1. The zero-order chi connectivity index (χ0) is 16.4. The lowest BCUT2D eigenvalue weighted by Gasteiger charge is -2.27. The maximum absolute atomic E-state index is 12.5. The van der Waals surface area contributed by atoms with Crippen LogP contribution in [-0.4, -0.2) is 18.6 Å². The summed E-state index contributed by atoms with van der Waals surface area (Å²) in [5.74, 6) is 1.13. The SMILES string of the molecule is Cc1ccc([C@H](C)NC(=O)[C@@H]2COc3ccccc3O2)c(C)c1. The Morgan fingerprint density at radius 1 is 1.17 bits per heavy atom. The van der Waals surface area contributed by atoms with Crippen molar-refractivity contribution in [1.82, 2.24) is 5.32 Å². The summed E-state index contributed by atoms with van der Waals surface area (Å²) >= 11 is 0. The quantitative estimate of drug-likeness (QED) is 0.946. The third-order valence-corrected chi connectivity index (χ3v) is 4.05. The van der Waals surface area contributed by atoms with Crippen molar-refractivity contribution in [1.29, 1.82) is 0 Å². The molecule has 23 heavy (non-hydrogen) atoms. The van der Waals surface area contributed by atoms with Crippen LogP contribution >= 0.6 is 0 Å². The highest BCUT2D eigenvalue weighted by Gasteiger charge is 2.28. The molecular weight excluding hydrogens is 290 g/mol. The van der Waals surface area contributed by atoms with Gasteiger partial charge in [-0.3, -0.25) is 4.79 Å². The summed E-state index contributed by atoms with van der Waals surface area (Å²) in [6.07, 6.45) is -0.627. The van der Waals surface area contributed by atoms with Crippen LogP contribution in [0.3, 0.4) is 0 Å². The Morgan fingerprint density at radius 2 is 1.91 bits per heavy atom. The smallest absolute Gasteiger partial charge is 0.265 e. The van der Waals surface area contributed by atoms with E-state index in [-0.39, 0.29) is 18.6 Å². The number of benzene rings is 2. The maximum atomic E-state index is 12.5. The lowest BCUT2D eigenvalue weighted by atomic mass is 10.00. The number of hydrogen-bond donors (Lipinski definition) is 1. The summed E-state index contributed by atoms with van der Waals surface area (Å²) in [6, 6.07) is 13.5. The number of hydrogen-bond acceptors (Lipinski definition) is 3. The molecular formula is C19H21NO3. The Balaban J connectivity index is 1.68. The van der Waals surface area contributed by atoms with Gasteiger partial charge in [0, 0.05) is 0 Å². The van der Waals surface area contributed by atoms with Gasteiger partial charge in [-0.05, 0) is 44.0 Å². The molecule has 2 aromatic rings. The second-order valence-corrected chi connectivity index (χ2v) is 5.95. The zero-order valence-electron chi connectivity index (χ0n) is 13.6. The van der Waals surface area contributed by atoms with Crippen LogP contribution in [0.15, 0.2) is 42.5 Å². The largest absolute Gasteiger partial charge is 0.485 e. The average Bonchev–Trinajstić information content (AvgIpc) is 2.54. The Bertz CT molecular complexity index is 726. The molecule has 0 aromatic heterocycles. The van der Waals surface area contributed by atoms with Crippen molar-refractivity contribution in [3.63, 3.8) is 0 Å². The normalized spacial score (nSPS) is 17.4. The molecule has 0 aliphatic carbocycles. The molecule has 2 aromatic carbocycles. The van der Waals surface area contributed by atoms with Gasteiger partial charge in [-0.2, -0.15) is 0 Å². The lowest BCUT2D eigenvalue weighted by Crippen LogP contribution is -2.44. The van der Waals surface area contributed by atoms with Crippen LogP contribution in [0.2, 0.25) is 0 Å². The second kappa shape index (κ2) is 6.32. The average molecular weight is 311 g/mol. The molecule has 0 bridgehead atoms. The van der Waals surface area contributed by atoms with E-state index in [1.165, 1.54) is 11.1 Å². The van der Waals surface area contributed by atoms with E-state index in [1.54, 1.807) is 0 Å². The minimum absolute atomic E-state index is 0.0797. The molecule has 4 nitrogen and oxygen atoms in total. The number of fused-ring (bicyclic) bond motifs is 1. The third kappa shape index (κ3) is 3.31. The number of ether oxygens (including phenoxy) is 2. The van der Waals surface area contributed by atoms with Crippen molar-refractivity contribution in [3.8, 4) is 11.5 Å². The Hall–Kier alpha value is -2.49. The third-order valence-electron chi connectivity index (χ3n) is 4.05. The second-order valence-electron chi connectivity index (χ2n) is 5.95. The molecule has 1 heterocycles. The van der Waals surface area contributed by atoms with Gasteiger partial charge < -0.3 is 14.8 Å². The first-order chi connectivity index (χ1) is 11.0. The molecule has 120 valence electrons. The first kappa shape index (κ1) is 15.4. The Morgan fingerprint density at radius 3 is 2.65 bits per heavy atom. The minimum atomic E-state index is -0.627. The zero-order valence-corrected chi connectivity index (χ0v) is 13.6. The van der Waals surface area contributed by atoms with Gasteiger partial charge in [0.2, 0.25) is 6.10 Å². The fourth-order valence-electron chi connectivity index (χ4n) is 2.84. The molecule has 1 aliphatic heterocycles. The van der Waals surface area contributed by atoms with Crippen LogP contribution in [0.1, 0.15) is 29.7 Å². The van der Waals surface area contributed by atoms with Crippen LogP contribution in [0.25, 0.3) is 0 Å². The standard InChI is InChI=1S/C19H21NO3/c1-12-8-9-15(13(2)10-12)14(3)20-19(21)18-11-22-16-6-4-5-7-17(16)23-18/h4-10,14,18H,11H2,1-3H3,(H,20,21)/t14-,18-/m0/s1. The van der Waals surface area contributed by atoms with E-state index < -0.39 is 6.10 Å². The van der Waals surface area contributed by atoms with E-state index in [4.69, 9.17) is 9.47 Å². The summed E-state index contributed by atoms with van der Waals surface area (Å²) in [5.41, 5.74) is 3.50. The topological polar surface area (TPSA) is 47.6 Å². The molecule has 1 N–H and O–H groups in total. The van der Waals surface area contributed by atoms with Crippen LogP contribution in [0, 0.1) is 13.8 Å². The summed E-state index contributed by atoms with van der Waals surface area (Å²) in [5, 5.41) is 3.01. The molecule has 3 rings (SSSR count). The van der Waals surface area contributed by atoms with E-state index in [2.05, 4.69) is 37.4 Å². The Kier molecular flexibility index (Phi) is 4.24. The summed E-state index contributed by atoms with van der Waals surface area (Å²) in [6.45, 7) is 6.32. The van der Waals surface area contributed by atoms with E-state index in [9.17, 15) is 4.79 Å². The van der Waals surface area contributed by atoms with Crippen molar-refractivity contribution in [2.75, 3.05) is 6.61 Å². The highest BCUT2D eigenvalue weighted by atomic mass is 16.6. The van der Waals surface area contributed by atoms with Crippen LogP contribution in [0.4, 0.5) is 0 Å². The van der Waals surface area contributed by atoms with Crippen LogP contribution < -0.4 is 14.8 Å². The van der Waals surface area contributed by atoms with Gasteiger partial charge in [0.15, 0.2) is 11.5 Å². The molecule has 0 radical (unpaired) electrons. The van der Waals surface area contributed by atoms with Crippen molar-refractivity contribution in [2.24, 2.45) is 0 Å². The van der Waals surface area contributed by atoms with Crippen molar-refractivity contribution < 1.29 is 14.3 Å². The van der Waals surface area contributed by atoms with Gasteiger partial charge in [-0.1, -0.05) is 35.9 Å². The van der Waals surface area contributed by atoms with Gasteiger partial charge >= 0.3 is 0 Å². The van der Waals surface area contributed by atoms with Crippen molar-refractivity contribution >= 4 is 5.91 Å². The van der Waals surface area contributed by atoms with E-state index in [1.807, 2.05) is 31.2 Å². The molecule has 0 spiro atoms. The van der Waals surface area contributed by atoms with Crippen molar-refractivity contribution in [3.05, 3.63) is 59.2 Å². The van der Waals surface area contributed by atoms with Gasteiger partial charge in [-0.15, -0.1) is 0 Å². The highest BCUT2D eigenvalue weighted by molar-refractivity contribution is 5.82. The van der Waals surface area contributed by atoms with E-state index >= 15 is 0 Å². The first-order valence-electron chi connectivity index (χ1n) is 7.80. The summed E-state index contributed by atoms with van der Waals surface area (Å²) in [4.78, 5) is 12.5. The fraction of sp³-hybridized carbons (Fsp3) is 0.316. The maximum Gasteiger partial charge on any atom is 0.265 e. The number of rotatable bonds is 3. The number of carbonyl (C=O) groups is 1. The summed E-state index contributed by atoms with van der Waals surface area (Å²) < 4.78 is 11.3. The minimum Gasteiger partial charge on any atom is -0.485 e. The monoisotopic (exact) mass is 311 g/mol. The lowest BCUT2D eigenvalue weighted by molar-refractivity contribution is -0.131. The number of carbonyl (C=O) groups excluding carboxylic acids is 1. The molecule has 2 atom stereocenters. The van der Waals surface area contributed by atoms with Crippen molar-refractivity contribution in [2.45, 2.75) is 32.9 Å². The number of amides is 1. The van der Waals surface area contributed by atoms with Gasteiger partial charge in [0.25, 0.3) is 5.91 Å². The van der Waals surface area contributed by atoms with Crippen LogP contribution in [0.5, 0.6) is 11.5 Å². The van der Waals surface area contributed by atoms with Gasteiger partial charge in [0.1, 0.15) is 6.61 Å². The predicted octanol–water partition coefficient (Wildman–Crippen LogP) is 3.32. The molecule has 0 saturated heterocycles. The molecule has 0 saturated carbocycles. The Labute approximate surface area is 136 Å². The number of para-hydroxylation sites is 2. The van der Waals surface area contributed by atoms with Gasteiger partial charge in [-0.25, -0.2) is 0 Å². The van der Waals surface area contributed by atoms with E-state index in [0.29, 0.717) is 11.5 Å². The molecule has 0 fully saturated rings. The van der Waals surface area contributed by atoms with E-state index in [0.717, 1.165) is 5.56 Å².